The van der Waals surface area contributed by atoms with Gasteiger partial charge in [0.15, 0.2) is 0 Å². The SMILES string of the molecule is Nc1ccnc(N2CCCC2c2ccncc2)c1. The largest absolute Gasteiger partial charge is 0.399 e. The summed E-state index contributed by atoms with van der Waals surface area (Å²) in [5.74, 6) is 0.967. The Morgan fingerprint density at radius 2 is 2.00 bits per heavy atom. The molecule has 1 fully saturated rings. The summed E-state index contributed by atoms with van der Waals surface area (Å²) in [4.78, 5) is 10.8. The quantitative estimate of drug-likeness (QED) is 0.875. The predicted octanol–water partition coefficient (Wildman–Crippen LogP) is 2.40. The van der Waals surface area contributed by atoms with Crippen LogP contribution in [0.1, 0.15) is 24.4 Å². The fourth-order valence-electron chi connectivity index (χ4n) is 2.56. The molecule has 92 valence electrons. The van der Waals surface area contributed by atoms with Crippen molar-refractivity contribution in [3.63, 3.8) is 0 Å². The highest BCUT2D eigenvalue weighted by Gasteiger charge is 2.26. The third kappa shape index (κ3) is 2.01. The van der Waals surface area contributed by atoms with Crippen LogP contribution in [0.15, 0.2) is 42.9 Å². The normalized spacial score (nSPS) is 19.1. The molecule has 2 N–H and O–H groups in total. The van der Waals surface area contributed by atoms with Gasteiger partial charge in [-0.15, -0.1) is 0 Å². The van der Waals surface area contributed by atoms with Gasteiger partial charge in [-0.1, -0.05) is 0 Å². The lowest BCUT2D eigenvalue weighted by Gasteiger charge is -2.26. The molecule has 0 aliphatic carbocycles. The molecular weight excluding hydrogens is 224 g/mol. The minimum absolute atomic E-state index is 0.391. The van der Waals surface area contributed by atoms with E-state index in [9.17, 15) is 0 Å². The zero-order chi connectivity index (χ0) is 12.4. The molecule has 2 aromatic heterocycles. The van der Waals surface area contributed by atoms with Gasteiger partial charge in [0.05, 0.1) is 6.04 Å². The van der Waals surface area contributed by atoms with Crippen molar-refractivity contribution in [1.29, 1.82) is 0 Å². The van der Waals surface area contributed by atoms with Gasteiger partial charge in [-0.25, -0.2) is 4.98 Å². The molecule has 3 rings (SSSR count). The minimum Gasteiger partial charge on any atom is -0.399 e. The van der Waals surface area contributed by atoms with Gasteiger partial charge in [0, 0.05) is 36.9 Å². The minimum atomic E-state index is 0.391. The second-order valence-corrected chi connectivity index (χ2v) is 4.58. The van der Waals surface area contributed by atoms with E-state index >= 15 is 0 Å². The first-order valence-corrected chi connectivity index (χ1v) is 6.23. The maximum atomic E-state index is 5.83. The van der Waals surface area contributed by atoms with Crippen molar-refractivity contribution < 1.29 is 0 Å². The van der Waals surface area contributed by atoms with Crippen molar-refractivity contribution in [1.82, 2.24) is 9.97 Å². The van der Waals surface area contributed by atoms with Gasteiger partial charge in [0.2, 0.25) is 0 Å². The average molecular weight is 240 g/mol. The highest BCUT2D eigenvalue weighted by Crippen LogP contribution is 2.35. The Kier molecular flexibility index (Phi) is 2.84. The Bertz CT molecular complexity index is 526. The van der Waals surface area contributed by atoms with Crippen molar-refractivity contribution >= 4 is 11.5 Å². The number of hydrogen-bond acceptors (Lipinski definition) is 4. The Labute approximate surface area is 106 Å². The van der Waals surface area contributed by atoms with Gasteiger partial charge in [0.25, 0.3) is 0 Å². The number of rotatable bonds is 2. The summed E-state index contributed by atoms with van der Waals surface area (Å²) in [6.45, 7) is 1.03. The van der Waals surface area contributed by atoms with Gasteiger partial charge in [0.1, 0.15) is 5.82 Å². The first-order valence-electron chi connectivity index (χ1n) is 6.23. The van der Waals surface area contributed by atoms with Gasteiger partial charge in [-0.05, 0) is 36.6 Å². The molecule has 4 heteroatoms. The zero-order valence-corrected chi connectivity index (χ0v) is 10.2. The molecule has 0 bridgehead atoms. The van der Waals surface area contributed by atoms with Gasteiger partial charge in [-0.3, -0.25) is 4.98 Å². The third-order valence-electron chi connectivity index (χ3n) is 3.41. The van der Waals surface area contributed by atoms with Crippen LogP contribution >= 0.6 is 0 Å². The molecule has 4 nitrogen and oxygen atoms in total. The molecule has 1 atom stereocenters. The third-order valence-corrected chi connectivity index (χ3v) is 3.41. The summed E-state index contributed by atoms with van der Waals surface area (Å²) in [6.07, 6.45) is 7.80. The van der Waals surface area contributed by atoms with Crippen molar-refractivity contribution in [2.75, 3.05) is 17.2 Å². The Morgan fingerprint density at radius 3 is 2.78 bits per heavy atom. The van der Waals surface area contributed by atoms with E-state index in [1.807, 2.05) is 24.5 Å². The lowest BCUT2D eigenvalue weighted by molar-refractivity contribution is 0.710. The number of anilines is 2. The molecule has 1 saturated heterocycles. The maximum absolute atomic E-state index is 5.83. The average Bonchev–Trinajstić information content (AvgIpc) is 2.89. The number of aromatic nitrogens is 2. The van der Waals surface area contributed by atoms with Crippen LogP contribution in [0.2, 0.25) is 0 Å². The second-order valence-electron chi connectivity index (χ2n) is 4.58. The summed E-state index contributed by atoms with van der Waals surface area (Å²) in [7, 11) is 0. The monoisotopic (exact) mass is 240 g/mol. The van der Waals surface area contributed by atoms with E-state index in [2.05, 4.69) is 27.0 Å². The Hall–Kier alpha value is -2.10. The molecule has 1 unspecified atom stereocenters. The molecule has 0 aromatic carbocycles. The first-order chi connectivity index (χ1) is 8.84. The van der Waals surface area contributed by atoms with Gasteiger partial charge in [-0.2, -0.15) is 0 Å². The zero-order valence-electron chi connectivity index (χ0n) is 10.2. The second kappa shape index (κ2) is 4.64. The molecule has 0 saturated carbocycles. The predicted molar refractivity (Wildman–Crippen MR) is 72.2 cm³/mol. The molecule has 0 amide bonds. The van der Waals surface area contributed by atoms with Crippen molar-refractivity contribution in [2.24, 2.45) is 0 Å². The number of nitrogens with two attached hydrogens (primary N) is 1. The van der Waals surface area contributed by atoms with Crippen LogP contribution in [0.25, 0.3) is 0 Å². The Morgan fingerprint density at radius 1 is 1.17 bits per heavy atom. The summed E-state index contributed by atoms with van der Waals surface area (Å²) in [5.41, 5.74) is 7.90. The van der Waals surface area contributed by atoms with E-state index in [0.717, 1.165) is 24.5 Å². The van der Waals surface area contributed by atoms with Crippen molar-refractivity contribution in [2.45, 2.75) is 18.9 Å². The van der Waals surface area contributed by atoms with E-state index in [4.69, 9.17) is 5.73 Å². The van der Waals surface area contributed by atoms with E-state index in [0.29, 0.717) is 6.04 Å². The molecule has 1 aliphatic heterocycles. The topological polar surface area (TPSA) is 55.0 Å². The summed E-state index contributed by atoms with van der Waals surface area (Å²) in [5, 5.41) is 0. The number of hydrogen-bond donors (Lipinski definition) is 1. The lowest BCUT2D eigenvalue weighted by Crippen LogP contribution is -2.23. The van der Waals surface area contributed by atoms with E-state index in [1.165, 1.54) is 12.0 Å². The first kappa shape index (κ1) is 11.0. The fraction of sp³-hybridized carbons (Fsp3) is 0.286. The summed E-state index contributed by atoms with van der Waals surface area (Å²) < 4.78 is 0. The van der Waals surface area contributed by atoms with Gasteiger partial charge >= 0.3 is 0 Å². The Balaban J connectivity index is 1.92. The molecule has 3 heterocycles. The molecular formula is C14H16N4. The molecule has 2 aromatic rings. The summed E-state index contributed by atoms with van der Waals surface area (Å²) >= 11 is 0. The molecule has 1 aliphatic rings. The summed E-state index contributed by atoms with van der Waals surface area (Å²) in [6, 6.07) is 8.31. The van der Waals surface area contributed by atoms with E-state index in [1.54, 1.807) is 6.20 Å². The molecule has 0 radical (unpaired) electrons. The number of nitrogens with zero attached hydrogens (tertiary/aromatic N) is 3. The van der Waals surface area contributed by atoms with Crippen molar-refractivity contribution in [3.05, 3.63) is 48.4 Å². The van der Waals surface area contributed by atoms with E-state index in [-0.39, 0.29) is 0 Å². The number of nitrogen functional groups attached to an aromatic ring is 1. The van der Waals surface area contributed by atoms with Crippen LogP contribution < -0.4 is 10.6 Å². The van der Waals surface area contributed by atoms with Crippen LogP contribution in [0.5, 0.6) is 0 Å². The van der Waals surface area contributed by atoms with Crippen LogP contribution in [-0.2, 0) is 0 Å². The van der Waals surface area contributed by atoms with Crippen LogP contribution in [0.4, 0.5) is 11.5 Å². The maximum Gasteiger partial charge on any atom is 0.131 e. The standard InChI is InChI=1S/C14H16N4/c15-12-5-8-17-14(10-12)18-9-1-2-13(18)11-3-6-16-7-4-11/h3-8,10,13H,1-2,9H2,(H2,15,17). The fourth-order valence-corrected chi connectivity index (χ4v) is 2.56. The number of pyridine rings is 2. The highest BCUT2D eigenvalue weighted by molar-refractivity contribution is 5.52. The van der Waals surface area contributed by atoms with Crippen molar-refractivity contribution in [3.8, 4) is 0 Å². The smallest absolute Gasteiger partial charge is 0.131 e. The highest BCUT2D eigenvalue weighted by atomic mass is 15.2. The van der Waals surface area contributed by atoms with Crippen LogP contribution in [-0.4, -0.2) is 16.5 Å². The van der Waals surface area contributed by atoms with Crippen LogP contribution in [0.3, 0.4) is 0 Å². The molecule has 18 heavy (non-hydrogen) atoms. The van der Waals surface area contributed by atoms with Crippen LogP contribution in [0, 0.1) is 0 Å². The van der Waals surface area contributed by atoms with E-state index < -0.39 is 0 Å². The lowest BCUT2D eigenvalue weighted by atomic mass is 10.1. The van der Waals surface area contributed by atoms with Gasteiger partial charge < -0.3 is 10.6 Å². The molecule has 0 spiro atoms.